The second-order valence-corrected chi connectivity index (χ2v) is 11.1. The van der Waals surface area contributed by atoms with Gasteiger partial charge in [-0.15, -0.1) is 0 Å². The van der Waals surface area contributed by atoms with E-state index in [2.05, 4.69) is 33.9 Å². The smallest absolute Gasteiger partial charge is 0.307 e. The number of methoxy groups -OCH3 is 1. The minimum atomic E-state index is -1.94. The van der Waals surface area contributed by atoms with Crippen LogP contribution in [0.15, 0.2) is 18.2 Å². The molecule has 20 heavy (non-hydrogen) atoms. The van der Waals surface area contributed by atoms with E-state index in [1.54, 1.807) is 25.3 Å². The van der Waals surface area contributed by atoms with Gasteiger partial charge >= 0.3 is 5.97 Å². The van der Waals surface area contributed by atoms with Gasteiger partial charge < -0.3 is 14.3 Å². The topological polar surface area (TPSA) is 55.8 Å². The Morgan fingerprint density at radius 1 is 1.25 bits per heavy atom. The van der Waals surface area contributed by atoms with Crippen LogP contribution in [-0.4, -0.2) is 26.5 Å². The van der Waals surface area contributed by atoms with Crippen LogP contribution >= 0.6 is 0 Å². The molecule has 1 aromatic carbocycles. The zero-order valence-electron chi connectivity index (χ0n) is 13.1. The summed E-state index contributed by atoms with van der Waals surface area (Å²) in [5, 5.41) is 8.92. The Labute approximate surface area is 121 Å². The summed E-state index contributed by atoms with van der Waals surface area (Å²) in [6.07, 6.45) is -0.0171. The van der Waals surface area contributed by atoms with Crippen molar-refractivity contribution in [2.24, 2.45) is 0 Å². The Morgan fingerprint density at radius 2 is 1.85 bits per heavy atom. The minimum Gasteiger partial charge on any atom is -0.541 e. The molecule has 0 bridgehead atoms. The molecule has 0 aromatic heterocycles. The Balaban J connectivity index is 3.05. The molecule has 0 aliphatic rings. The van der Waals surface area contributed by atoms with E-state index in [1.165, 1.54) is 0 Å². The standard InChI is InChI=1S/C15H24O4Si/c1-15(2,3)20(5,6)19-12-8-7-11(10-14(16)17)9-13(12)18-4/h7-9H,10H2,1-6H3,(H,16,17). The van der Waals surface area contributed by atoms with Gasteiger partial charge in [0, 0.05) is 0 Å². The minimum absolute atomic E-state index is 0.0171. The second-order valence-electron chi connectivity index (χ2n) is 6.42. The molecule has 112 valence electrons. The Bertz CT molecular complexity index is 489. The molecule has 0 heterocycles. The van der Waals surface area contributed by atoms with Crippen LogP contribution in [0.5, 0.6) is 11.5 Å². The van der Waals surface area contributed by atoms with Crippen LogP contribution in [0, 0.1) is 0 Å². The van der Waals surface area contributed by atoms with Crippen molar-refractivity contribution >= 4 is 14.3 Å². The van der Waals surface area contributed by atoms with Gasteiger partial charge in [0.15, 0.2) is 5.75 Å². The summed E-state index contributed by atoms with van der Waals surface area (Å²) in [5.41, 5.74) is 0.705. The SMILES string of the molecule is COc1cc(CC(=O)O)ccc1O[Si](C)(C)C(C)(C)C. The molecule has 5 heteroatoms. The van der Waals surface area contributed by atoms with Crippen molar-refractivity contribution in [1.82, 2.24) is 0 Å². The molecule has 0 atom stereocenters. The zero-order chi connectivity index (χ0) is 15.6. The van der Waals surface area contributed by atoms with Crippen molar-refractivity contribution < 1.29 is 19.1 Å². The Hall–Kier alpha value is -1.49. The third-order valence-corrected chi connectivity index (χ3v) is 8.10. The first-order chi connectivity index (χ1) is 9.06. The summed E-state index contributed by atoms with van der Waals surface area (Å²) < 4.78 is 11.5. The number of hydrogen-bond acceptors (Lipinski definition) is 3. The predicted molar refractivity (Wildman–Crippen MR) is 82.2 cm³/mol. The maximum Gasteiger partial charge on any atom is 0.307 e. The maximum atomic E-state index is 10.7. The highest BCUT2D eigenvalue weighted by molar-refractivity contribution is 6.74. The summed E-state index contributed by atoms with van der Waals surface area (Å²) >= 11 is 0. The van der Waals surface area contributed by atoms with Crippen LogP contribution in [0.3, 0.4) is 0 Å². The van der Waals surface area contributed by atoms with Gasteiger partial charge in [0.2, 0.25) is 0 Å². The molecule has 4 nitrogen and oxygen atoms in total. The van der Waals surface area contributed by atoms with E-state index in [4.69, 9.17) is 14.3 Å². The fourth-order valence-electron chi connectivity index (χ4n) is 1.51. The molecule has 0 aliphatic carbocycles. The molecule has 0 fully saturated rings. The Kier molecular flexibility index (Phi) is 4.86. The number of benzene rings is 1. The normalized spacial score (nSPS) is 12.1. The summed E-state index contributed by atoms with van der Waals surface area (Å²) in [5.74, 6) is 0.423. The largest absolute Gasteiger partial charge is 0.541 e. The number of carboxylic acid groups (broad SMARTS) is 1. The number of carboxylic acids is 1. The van der Waals surface area contributed by atoms with Gasteiger partial charge in [-0.3, -0.25) is 4.79 Å². The van der Waals surface area contributed by atoms with E-state index < -0.39 is 14.3 Å². The van der Waals surface area contributed by atoms with Gasteiger partial charge in [-0.05, 0) is 35.8 Å². The van der Waals surface area contributed by atoms with E-state index in [1.807, 2.05) is 0 Å². The van der Waals surface area contributed by atoms with Crippen LogP contribution in [0.25, 0.3) is 0 Å². The molecule has 0 amide bonds. The lowest BCUT2D eigenvalue weighted by molar-refractivity contribution is -0.136. The number of hydrogen-bond donors (Lipinski definition) is 1. The van der Waals surface area contributed by atoms with Crippen molar-refractivity contribution in [2.45, 2.75) is 45.3 Å². The number of rotatable bonds is 5. The lowest BCUT2D eigenvalue weighted by Crippen LogP contribution is -2.43. The number of carbonyl (C=O) groups is 1. The van der Waals surface area contributed by atoms with E-state index in [-0.39, 0.29) is 11.5 Å². The molecule has 0 radical (unpaired) electrons. The van der Waals surface area contributed by atoms with Crippen molar-refractivity contribution in [3.8, 4) is 11.5 Å². The van der Waals surface area contributed by atoms with Crippen LogP contribution in [0.2, 0.25) is 18.1 Å². The van der Waals surface area contributed by atoms with Gasteiger partial charge in [0.05, 0.1) is 13.5 Å². The quantitative estimate of drug-likeness (QED) is 0.842. The van der Waals surface area contributed by atoms with Gasteiger partial charge in [0.25, 0.3) is 8.32 Å². The summed E-state index contributed by atoms with van der Waals surface area (Å²) in [6, 6.07) is 5.31. The summed E-state index contributed by atoms with van der Waals surface area (Å²) in [6.45, 7) is 10.8. The van der Waals surface area contributed by atoms with Crippen molar-refractivity contribution in [1.29, 1.82) is 0 Å². The predicted octanol–water partition coefficient (Wildman–Crippen LogP) is 3.71. The van der Waals surface area contributed by atoms with E-state index in [9.17, 15) is 4.79 Å². The highest BCUT2D eigenvalue weighted by Crippen LogP contribution is 2.40. The lowest BCUT2D eigenvalue weighted by Gasteiger charge is -2.36. The van der Waals surface area contributed by atoms with E-state index >= 15 is 0 Å². The van der Waals surface area contributed by atoms with Crippen LogP contribution < -0.4 is 9.16 Å². The first kappa shape index (κ1) is 16.6. The first-order valence-corrected chi connectivity index (χ1v) is 9.55. The fraction of sp³-hybridized carbons (Fsp3) is 0.533. The highest BCUT2D eigenvalue weighted by Gasteiger charge is 2.39. The molecule has 1 rings (SSSR count). The molecule has 1 aromatic rings. The monoisotopic (exact) mass is 296 g/mol. The third kappa shape index (κ3) is 4.00. The fourth-order valence-corrected chi connectivity index (χ4v) is 2.53. The Morgan fingerprint density at radius 3 is 2.30 bits per heavy atom. The number of ether oxygens (including phenoxy) is 1. The first-order valence-electron chi connectivity index (χ1n) is 6.64. The van der Waals surface area contributed by atoms with Crippen LogP contribution in [0.4, 0.5) is 0 Å². The maximum absolute atomic E-state index is 10.7. The van der Waals surface area contributed by atoms with Crippen LogP contribution in [0.1, 0.15) is 26.3 Å². The molecule has 0 unspecified atom stereocenters. The molecule has 0 saturated carbocycles. The molecular formula is C15H24O4Si. The van der Waals surface area contributed by atoms with Gasteiger partial charge in [-0.2, -0.15) is 0 Å². The molecule has 0 saturated heterocycles. The molecule has 0 spiro atoms. The van der Waals surface area contributed by atoms with Crippen LogP contribution in [-0.2, 0) is 11.2 Å². The highest BCUT2D eigenvalue weighted by atomic mass is 28.4. The average Bonchev–Trinajstić information content (AvgIpc) is 2.28. The summed E-state index contributed by atoms with van der Waals surface area (Å²) in [4.78, 5) is 10.7. The molecule has 1 N–H and O–H groups in total. The van der Waals surface area contributed by atoms with Crippen molar-refractivity contribution in [3.05, 3.63) is 23.8 Å². The molecule has 0 aliphatic heterocycles. The molecular weight excluding hydrogens is 272 g/mol. The van der Waals surface area contributed by atoms with E-state index in [0.717, 1.165) is 0 Å². The van der Waals surface area contributed by atoms with Gasteiger partial charge in [-0.1, -0.05) is 26.8 Å². The average molecular weight is 296 g/mol. The van der Waals surface area contributed by atoms with Gasteiger partial charge in [0.1, 0.15) is 5.75 Å². The summed E-state index contributed by atoms with van der Waals surface area (Å²) in [7, 11) is -0.371. The number of aliphatic carboxylic acids is 1. The zero-order valence-corrected chi connectivity index (χ0v) is 14.1. The third-order valence-electron chi connectivity index (χ3n) is 3.75. The lowest BCUT2D eigenvalue weighted by atomic mass is 10.1. The van der Waals surface area contributed by atoms with Crippen molar-refractivity contribution in [3.63, 3.8) is 0 Å². The second kappa shape index (κ2) is 5.87. The van der Waals surface area contributed by atoms with Gasteiger partial charge in [-0.25, -0.2) is 0 Å². The van der Waals surface area contributed by atoms with E-state index in [0.29, 0.717) is 17.1 Å². The van der Waals surface area contributed by atoms with Crippen molar-refractivity contribution in [2.75, 3.05) is 7.11 Å².